The first-order valence-electron chi connectivity index (χ1n) is 7.70. The monoisotopic (exact) mass is 325 g/mol. The Bertz CT molecular complexity index is 518. The van der Waals surface area contributed by atoms with Crippen LogP contribution in [0.15, 0.2) is 24.3 Å². The number of anilines is 1. The molecule has 0 bridgehead atoms. The zero-order chi connectivity index (χ0) is 14.7. The van der Waals surface area contributed by atoms with E-state index in [9.17, 15) is 4.79 Å². The lowest BCUT2D eigenvalue weighted by molar-refractivity contribution is -0.0914. The van der Waals surface area contributed by atoms with Gasteiger partial charge >= 0.3 is 6.03 Å². The van der Waals surface area contributed by atoms with Crippen molar-refractivity contribution in [1.82, 2.24) is 4.90 Å². The number of ether oxygens (including phenoxy) is 1. The highest BCUT2D eigenvalue weighted by Crippen LogP contribution is 2.35. The Labute approximate surface area is 137 Å². The Kier molecular flexibility index (Phi) is 5.67. The fraction of sp³-hybridized carbons (Fsp3) is 0.562. The van der Waals surface area contributed by atoms with Crippen LogP contribution in [0, 0.1) is 0 Å². The van der Waals surface area contributed by atoms with Gasteiger partial charge in [0.2, 0.25) is 0 Å². The Balaban J connectivity index is 0.00000176. The van der Waals surface area contributed by atoms with Gasteiger partial charge in [-0.25, -0.2) is 4.79 Å². The van der Waals surface area contributed by atoms with Crippen LogP contribution >= 0.6 is 12.4 Å². The number of hydrogen-bond acceptors (Lipinski definition) is 3. The summed E-state index contributed by atoms with van der Waals surface area (Å²) in [5, 5.41) is 2.97. The van der Waals surface area contributed by atoms with Gasteiger partial charge in [0, 0.05) is 18.8 Å². The first-order valence-corrected chi connectivity index (χ1v) is 7.70. The molecule has 122 valence electrons. The third-order valence-electron chi connectivity index (χ3n) is 4.46. The zero-order valence-electron chi connectivity index (χ0n) is 12.7. The van der Waals surface area contributed by atoms with E-state index in [0.717, 1.165) is 24.1 Å². The Morgan fingerprint density at radius 1 is 1.36 bits per heavy atom. The van der Waals surface area contributed by atoms with Crippen molar-refractivity contribution in [3.63, 3.8) is 0 Å². The van der Waals surface area contributed by atoms with Crippen LogP contribution in [0.3, 0.4) is 0 Å². The first-order chi connectivity index (χ1) is 10.2. The van der Waals surface area contributed by atoms with Gasteiger partial charge in [0.05, 0.1) is 18.8 Å². The molecule has 1 aliphatic carbocycles. The van der Waals surface area contributed by atoms with Crippen molar-refractivity contribution < 1.29 is 9.53 Å². The van der Waals surface area contributed by atoms with Crippen LogP contribution in [0.1, 0.15) is 31.2 Å². The number of carbonyl (C=O) groups excluding carboxylic acids is 1. The molecule has 1 saturated carbocycles. The summed E-state index contributed by atoms with van der Waals surface area (Å²) in [4.78, 5) is 14.3. The van der Waals surface area contributed by atoms with Crippen LogP contribution in [0.4, 0.5) is 10.5 Å². The minimum atomic E-state index is -0.0886. The summed E-state index contributed by atoms with van der Waals surface area (Å²) in [6, 6.07) is 7.64. The number of halogens is 1. The van der Waals surface area contributed by atoms with E-state index in [1.165, 1.54) is 12.8 Å². The van der Waals surface area contributed by atoms with Gasteiger partial charge in [-0.2, -0.15) is 0 Å². The minimum Gasteiger partial charge on any atom is -0.371 e. The predicted octanol–water partition coefficient (Wildman–Crippen LogP) is 2.74. The standard InChI is InChI=1S/C16H23N3O2.ClH/c17-11-13-4-3-5-14(10-13)18-15(20)19-8-9-21-16(12-19)6-1-2-7-16;/h3-5,10H,1-2,6-9,11-12,17H2,(H,18,20);1H. The van der Waals surface area contributed by atoms with Crippen molar-refractivity contribution >= 4 is 24.1 Å². The lowest BCUT2D eigenvalue weighted by atomic mass is 10.00. The molecule has 6 heteroatoms. The number of nitrogens with two attached hydrogens (primary N) is 1. The summed E-state index contributed by atoms with van der Waals surface area (Å²) in [6.45, 7) is 2.47. The Morgan fingerprint density at radius 3 is 2.86 bits per heavy atom. The van der Waals surface area contributed by atoms with E-state index in [-0.39, 0.29) is 24.0 Å². The van der Waals surface area contributed by atoms with Crippen LogP contribution in [0.2, 0.25) is 0 Å². The quantitative estimate of drug-likeness (QED) is 0.878. The van der Waals surface area contributed by atoms with Crippen molar-refractivity contribution in [3.8, 4) is 0 Å². The summed E-state index contributed by atoms with van der Waals surface area (Å²) in [5.74, 6) is 0. The van der Waals surface area contributed by atoms with Crippen LogP contribution in [-0.4, -0.2) is 36.2 Å². The van der Waals surface area contributed by atoms with Gasteiger partial charge in [0.15, 0.2) is 0 Å². The Morgan fingerprint density at radius 2 is 2.14 bits per heavy atom. The topological polar surface area (TPSA) is 67.6 Å². The molecule has 2 fully saturated rings. The lowest BCUT2D eigenvalue weighted by Crippen LogP contribution is -2.53. The normalized spacial score (nSPS) is 19.8. The summed E-state index contributed by atoms with van der Waals surface area (Å²) in [5.41, 5.74) is 7.36. The lowest BCUT2D eigenvalue weighted by Gasteiger charge is -2.40. The van der Waals surface area contributed by atoms with Crippen molar-refractivity contribution in [2.75, 3.05) is 25.0 Å². The van der Waals surface area contributed by atoms with E-state index in [2.05, 4.69) is 5.32 Å². The second-order valence-electron chi connectivity index (χ2n) is 5.99. The number of benzene rings is 1. The number of amides is 2. The highest BCUT2D eigenvalue weighted by molar-refractivity contribution is 5.89. The molecule has 0 radical (unpaired) electrons. The number of hydrogen-bond donors (Lipinski definition) is 2. The number of urea groups is 1. The average Bonchev–Trinajstić information content (AvgIpc) is 2.95. The third kappa shape index (κ3) is 3.72. The SMILES string of the molecule is Cl.NCc1cccc(NC(=O)N2CCOC3(CCCC3)C2)c1. The fourth-order valence-corrected chi connectivity index (χ4v) is 3.32. The number of nitrogens with zero attached hydrogens (tertiary/aromatic N) is 1. The molecule has 1 spiro atoms. The molecular weight excluding hydrogens is 302 g/mol. The van der Waals surface area contributed by atoms with E-state index in [1.807, 2.05) is 29.2 Å². The van der Waals surface area contributed by atoms with E-state index in [1.54, 1.807) is 0 Å². The molecule has 1 heterocycles. The maximum Gasteiger partial charge on any atom is 0.322 e. The predicted molar refractivity (Wildman–Crippen MR) is 89.3 cm³/mol. The van der Waals surface area contributed by atoms with Crippen LogP contribution in [-0.2, 0) is 11.3 Å². The fourth-order valence-electron chi connectivity index (χ4n) is 3.32. The average molecular weight is 326 g/mol. The summed E-state index contributed by atoms with van der Waals surface area (Å²) >= 11 is 0. The van der Waals surface area contributed by atoms with Gasteiger partial charge in [-0.05, 0) is 30.5 Å². The van der Waals surface area contributed by atoms with Gasteiger partial charge in [0.1, 0.15) is 0 Å². The summed E-state index contributed by atoms with van der Waals surface area (Å²) in [7, 11) is 0. The van der Waals surface area contributed by atoms with E-state index in [0.29, 0.717) is 26.2 Å². The number of rotatable bonds is 2. The van der Waals surface area contributed by atoms with E-state index >= 15 is 0 Å². The van der Waals surface area contributed by atoms with Crippen LogP contribution < -0.4 is 11.1 Å². The van der Waals surface area contributed by atoms with Gasteiger partial charge in [-0.15, -0.1) is 12.4 Å². The second kappa shape index (κ2) is 7.31. The summed E-state index contributed by atoms with van der Waals surface area (Å²) in [6.07, 6.45) is 4.54. The van der Waals surface area contributed by atoms with Gasteiger partial charge < -0.3 is 20.7 Å². The Hall–Kier alpha value is -1.30. The maximum absolute atomic E-state index is 12.4. The molecule has 0 unspecified atom stereocenters. The molecule has 3 rings (SSSR count). The zero-order valence-corrected chi connectivity index (χ0v) is 13.5. The number of nitrogens with one attached hydrogen (secondary N) is 1. The molecule has 1 saturated heterocycles. The third-order valence-corrected chi connectivity index (χ3v) is 4.46. The van der Waals surface area contributed by atoms with Crippen molar-refractivity contribution in [1.29, 1.82) is 0 Å². The number of morpholine rings is 1. The van der Waals surface area contributed by atoms with Crippen molar-refractivity contribution in [3.05, 3.63) is 29.8 Å². The maximum atomic E-state index is 12.4. The molecule has 1 aliphatic heterocycles. The molecule has 22 heavy (non-hydrogen) atoms. The molecule has 2 amide bonds. The van der Waals surface area contributed by atoms with E-state index in [4.69, 9.17) is 10.5 Å². The van der Waals surface area contributed by atoms with Gasteiger partial charge in [0.25, 0.3) is 0 Å². The molecular formula is C16H24ClN3O2. The first kappa shape index (κ1) is 17.1. The smallest absolute Gasteiger partial charge is 0.322 e. The molecule has 1 aromatic carbocycles. The van der Waals surface area contributed by atoms with Crippen LogP contribution in [0.5, 0.6) is 0 Å². The molecule has 2 aliphatic rings. The minimum absolute atomic E-state index is 0. The molecule has 1 aromatic rings. The second-order valence-corrected chi connectivity index (χ2v) is 5.99. The molecule has 0 atom stereocenters. The van der Waals surface area contributed by atoms with E-state index < -0.39 is 0 Å². The highest BCUT2D eigenvalue weighted by Gasteiger charge is 2.40. The largest absolute Gasteiger partial charge is 0.371 e. The molecule has 0 aromatic heterocycles. The van der Waals surface area contributed by atoms with Crippen molar-refractivity contribution in [2.45, 2.75) is 37.8 Å². The molecule has 3 N–H and O–H groups in total. The van der Waals surface area contributed by atoms with Gasteiger partial charge in [-0.3, -0.25) is 0 Å². The molecule has 5 nitrogen and oxygen atoms in total. The highest BCUT2D eigenvalue weighted by atomic mass is 35.5. The van der Waals surface area contributed by atoms with Crippen LogP contribution in [0.25, 0.3) is 0 Å². The van der Waals surface area contributed by atoms with Crippen molar-refractivity contribution in [2.24, 2.45) is 5.73 Å². The number of carbonyl (C=O) groups is 1. The van der Waals surface area contributed by atoms with Gasteiger partial charge in [-0.1, -0.05) is 25.0 Å². The summed E-state index contributed by atoms with van der Waals surface area (Å²) < 4.78 is 5.96.